The molecule has 1 saturated heterocycles. The molecule has 12 heteroatoms. The van der Waals surface area contributed by atoms with Gasteiger partial charge in [0.2, 0.25) is 0 Å². The number of halogens is 3. The molecule has 1 saturated carbocycles. The van der Waals surface area contributed by atoms with E-state index in [-0.39, 0.29) is 48.2 Å². The summed E-state index contributed by atoms with van der Waals surface area (Å²) in [5.41, 5.74) is 9.62. The van der Waals surface area contributed by atoms with Crippen LogP contribution < -0.4 is 21.7 Å². The van der Waals surface area contributed by atoms with Crippen molar-refractivity contribution in [2.75, 3.05) is 32.1 Å². The van der Waals surface area contributed by atoms with Gasteiger partial charge in [-0.15, -0.1) is 0 Å². The number of anilines is 1. The molecule has 2 fully saturated rings. The quantitative estimate of drug-likeness (QED) is 0.157. The van der Waals surface area contributed by atoms with Crippen LogP contribution in [0, 0.1) is 17.5 Å². The number of aromatic nitrogens is 2. The Labute approximate surface area is 284 Å². The van der Waals surface area contributed by atoms with Gasteiger partial charge in [-0.05, 0) is 80.1 Å². The predicted octanol–water partition coefficient (Wildman–Crippen LogP) is 5.81. The fourth-order valence-corrected chi connectivity index (χ4v) is 5.96. The van der Waals surface area contributed by atoms with Crippen molar-refractivity contribution in [3.63, 3.8) is 0 Å². The van der Waals surface area contributed by atoms with Crippen molar-refractivity contribution in [2.24, 2.45) is 5.73 Å². The summed E-state index contributed by atoms with van der Waals surface area (Å²) in [4.78, 5) is 20.5. The third kappa shape index (κ3) is 9.78. The van der Waals surface area contributed by atoms with Gasteiger partial charge in [0.05, 0.1) is 48.1 Å². The summed E-state index contributed by atoms with van der Waals surface area (Å²) in [6.45, 7) is 3.16. The molecule has 1 aliphatic carbocycles. The van der Waals surface area contributed by atoms with E-state index in [0.717, 1.165) is 29.7 Å². The van der Waals surface area contributed by atoms with Gasteiger partial charge in [-0.2, -0.15) is 0 Å². The first-order valence-electron chi connectivity index (χ1n) is 16.5. The number of ether oxygens (including phenoxy) is 2. The van der Waals surface area contributed by atoms with Crippen LogP contribution in [-0.4, -0.2) is 61.1 Å². The molecule has 1 amide bonds. The van der Waals surface area contributed by atoms with Crippen LogP contribution in [0.4, 0.5) is 23.7 Å². The van der Waals surface area contributed by atoms with Crippen LogP contribution in [0.3, 0.4) is 0 Å². The number of alkyl carbamates (subject to hydrolysis) is 1. The molecule has 5 N–H and O–H groups in total. The number of hydrogen-bond donors (Lipinski definition) is 4. The number of nitrogens with zero attached hydrogens (tertiary/aromatic N) is 2. The summed E-state index contributed by atoms with van der Waals surface area (Å²) in [5, 5.41) is 9.27. The smallest absolute Gasteiger partial charge is 0.407 e. The number of nitrogens with two attached hydrogens (primary N) is 1. The minimum atomic E-state index is -0.445. The monoisotopic (exact) mass is 676 g/mol. The molecule has 3 heterocycles. The van der Waals surface area contributed by atoms with Crippen LogP contribution in [0.5, 0.6) is 0 Å². The topological polar surface area (TPSA) is 123 Å². The standard InChI is InChI=1S/C22H28FN5O3.C15H15F2N/c1-24-19-12-25-11-18(23)17(19)6-5-16-10-27-15(13-30-16)14-31-21(29)28-22(7-8-22)20-4-2-3-9-26-20;1-10(18)15(11-2-6-13(16)7-3-11)12-4-8-14(17)9-5-12/h2-4,9,11-12,15-16,24,27H,5-8,10,13-14H2,1H3,(H,28,29);2-10,15H,18H2,1H3/t15-,16+;/m0./s1. The Morgan fingerprint density at radius 3 is 2.24 bits per heavy atom. The van der Waals surface area contributed by atoms with E-state index in [0.29, 0.717) is 37.2 Å². The molecule has 4 aromatic rings. The van der Waals surface area contributed by atoms with E-state index in [1.165, 1.54) is 30.5 Å². The van der Waals surface area contributed by atoms with Gasteiger partial charge in [0.25, 0.3) is 0 Å². The number of rotatable bonds is 11. The molecule has 49 heavy (non-hydrogen) atoms. The molecule has 0 radical (unpaired) electrons. The normalized spacial score (nSPS) is 18.5. The van der Waals surface area contributed by atoms with Crippen LogP contribution >= 0.6 is 0 Å². The number of morpholine rings is 1. The third-order valence-electron chi connectivity index (χ3n) is 8.80. The minimum absolute atomic E-state index is 0.0266. The number of pyridine rings is 2. The van der Waals surface area contributed by atoms with E-state index in [9.17, 15) is 18.0 Å². The zero-order valence-electron chi connectivity index (χ0n) is 27.7. The molecular formula is C37H43F3N6O3. The molecule has 260 valence electrons. The van der Waals surface area contributed by atoms with Gasteiger partial charge in [-0.3, -0.25) is 9.97 Å². The Bertz CT molecular complexity index is 1590. The van der Waals surface area contributed by atoms with E-state index in [2.05, 4.69) is 25.9 Å². The minimum Gasteiger partial charge on any atom is -0.448 e. The first-order chi connectivity index (χ1) is 23.7. The fourth-order valence-electron chi connectivity index (χ4n) is 5.96. The number of benzene rings is 2. The van der Waals surface area contributed by atoms with E-state index >= 15 is 0 Å². The lowest BCUT2D eigenvalue weighted by atomic mass is 9.86. The summed E-state index contributed by atoms with van der Waals surface area (Å²) in [5.74, 6) is -0.930. The fraction of sp³-hybridized carbons (Fsp3) is 0.378. The molecule has 6 rings (SSSR count). The lowest BCUT2D eigenvalue weighted by Gasteiger charge is -2.30. The first-order valence-corrected chi connectivity index (χ1v) is 16.5. The summed E-state index contributed by atoms with van der Waals surface area (Å²) in [7, 11) is 1.75. The molecule has 2 aromatic heterocycles. The molecule has 0 bridgehead atoms. The zero-order chi connectivity index (χ0) is 34.8. The largest absolute Gasteiger partial charge is 0.448 e. The molecule has 1 aliphatic heterocycles. The maximum absolute atomic E-state index is 14.0. The highest BCUT2D eigenvalue weighted by Crippen LogP contribution is 2.44. The van der Waals surface area contributed by atoms with Crippen molar-refractivity contribution in [2.45, 2.75) is 62.3 Å². The van der Waals surface area contributed by atoms with Gasteiger partial charge in [-0.25, -0.2) is 18.0 Å². The molecular weight excluding hydrogens is 633 g/mol. The van der Waals surface area contributed by atoms with E-state index < -0.39 is 11.6 Å². The van der Waals surface area contributed by atoms with Gasteiger partial charge in [0, 0.05) is 37.3 Å². The summed E-state index contributed by atoms with van der Waals surface area (Å²) in [6, 6.07) is 18.0. The van der Waals surface area contributed by atoms with Gasteiger partial charge in [0.1, 0.15) is 24.1 Å². The predicted molar refractivity (Wildman–Crippen MR) is 182 cm³/mol. The van der Waals surface area contributed by atoms with E-state index in [1.54, 1.807) is 43.7 Å². The molecule has 1 unspecified atom stereocenters. The maximum atomic E-state index is 14.0. The number of hydrogen-bond acceptors (Lipinski definition) is 8. The molecule has 2 aliphatic rings. The molecule has 2 aromatic carbocycles. The van der Waals surface area contributed by atoms with Gasteiger partial charge in [-0.1, -0.05) is 30.3 Å². The number of nitrogens with one attached hydrogen (secondary N) is 3. The Kier molecular flexibility index (Phi) is 12.2. The van der Waals surface area contributed by atoms with Crippen LogP contribution in [-0.2, 0) is 21.4 Å². The van der Waals surface area contributed by atoms with Crippen molar-refractivity contribution in [1.82, 2.24) is 20.6 Å². The van der Waals surface area contributed by atoms with Crippen molar-refractivity contribution >= 4 is 11.8 Å². The average Bonchev–Trinajstić information content (AvgIpc) is 3.90. The van der Waals surface area contributed by atoms with Gasteiger partial charge in [0.15, 0.2) is 0 Å². The lowest BCUT2D eigenvalue weighted by molar-refractivity contribution is -0.0143. The first kappa shape index (κ1) is 35.8. The molecule has 0 spiro atoms. The summed E-state index contributed by atoms with van der Waals surface area (Å²) in [6.07, 6.45) is 7.06. The number of carbonyl (C=O) groups is 1. The summed E-state index contributed by atoms with van der Waals surface area (Å²) >= 11 is 0. The zero-order valence-corrected chi connectivity index (χ0v) is 27.7. The second-order valence-corrected chi connectivity index (χ2v) is 12.5. The van der Waals surface area contributed by atoms with E-state index in [1.807, 2.05) is 25.1 Å². The van der Waals surface area contributed by atoms with Gasteiger partial charge >= 0.3 is 6.09 Å². The van der Waals surface area contributed by atoms with Crippen LogP contribution in [0.15, 0.2) is 85.3 Å². The Morgan fingerprint density at radius 1 is 1.04 bits per heavy atom. The van der Waals surface area contributed by atoms with Crippen molar-refractivity contribution < 1.29 is 27.4 Å². The highest BCUT2D eigenvalue weighted by molar-refractivity contribution is 5.69. The number of carbonyl (C=O) groups excluding carboxylic acids is 1. The Balaban J connectivity index is 0.000000221. The highest BCUT2D eigenvalue weighted by atomic mass is 19.1. The Hall–Kier alpha value is -4.52. The average molecular weight is 677 g/mol. The second-order valence-electron chi connectivity index (χ2n) is 12.5. The maximum Gasteiger partial charge on any atom is 0.407 e. The van der Waals surface area contributed by atoms with Crippen molar-refractivity contribution in [3.8, 4) is 0 Å². The number of amides is 1. The van der Waals surface area contributed by atoms with Crippen molar-refractivity contribution in [3.05, 3.63) is 125 Å². The Morgan fingerprint density at radius 2 is 1.71 bits per heavy atom. The van der Waals surface area contributed by atoms with Crippen molar-refractivity contribution in [1.29, 1.82) is 0 Å². The SMILES string of the molecule is CC(N)C(c1ccc(F)cc1)c1ccc(F)cc1.CNc1cncc(F)c1CC[C@@H]1CN[C@H](COC(=O)NC2(c3ccccn3)CC2)CO1. The third-order valence-corrected chi connectivity index (χ3v) is 8.80. The second kappa shape index (κ2) is 16.7. The van der Waals surface area contributed by atoms with Crippen LogP contribution in [0.25, 0.3) is 0 Å². The molecule has 9 nitrogen and oxygen atoms in total. The highest BCUT2D eigenvalue weighted by Gasteiger charge is 2.47. The van der Waals surface area contributed by atoms with E-state index in [4.69, 9.17) is 15.2 Å². The molecule has 3 atom stereocenters. The van der Waals surface area contributed by atoms with Gasteiger partial charge < -0.3 is 31.2 Å². The van der Waals surface area contributed by atoms with Crippen LogP contribution in [0.2, 0.25) is 0 Å². The van der Waals surface area contributed by atoms with Crippen LogP contribution in [0.1, 0.15) is 54.5 Å². The lowest BCUT2D eigenvalue weighted by Crippen LogP contribution is -2.49. The summed E-state index contributed by atoms with van der Waals surface area (Å²) < 4.78 is 51.2.